The highest BCUT2D eigenvalue weighted by molar-refractivity contribution is 6.30. The Morgan fingerprint density at radius 1 is 0.944 bits per heavy atom. The van der Waals surface area contributed by atoms with Crippen LogP contribution in [0.15, 0.2) is 48.5 Å². The molecule has 2 rings (SSSR count). The molecule has 94 valence electrons. The van der Waals surface area contributed by atoms with E-state index >= 15 is 0 Å². The Morgan fingerprint density at radius 2 is 1.28 bits per heavy atom. The predicted octanol–water partition coefficient (Wildman–Crippen LogP) is 3.80. The van der Waals surface area contributed by atoms with Crippen molar-refractivity contribution in [2.45, 2.75) is 6.92 Å². The molecule has 4 heteroatoms. The van der Waals surface area contributed by atoms with Crippen LogP contribution < -0.4 is 0 Å². The molecular weight excluding hydrogens is 252 g/mol. The molecule has 0 aromatic heterocycles. The van der Waals surface area contributed by atoms with Crippen molar-refractivity contribution < 1.29 is 15.0 Å². The molecule has 0 heterocycles. The number of benzene rings is 2. The second-order valence-corrected chi connectivity index (χ2v) is 4.01. The first-order chi connectivity index (χ1) is 8.49. The van der Waals surface area contributed by atoms with E-state index in [0.717, 1.165) is 23.1 Å². The number of phenolic OH excluding ortho intramolecular Hbond substituents is 1. The minimum atomic E-state index is -0.833. The molecule has 2 aromatic carbocycles. The van der Waals surface area contributed by atoms with Gasteiger partial charge in [0.05, 0.1) is 0 Å². The Kier molecular flexibility index (Phi) is 5.21. The third kappa shape index (κ3) is 4.89. The molecular formula is C14H13ClO3. The van der Waals surface area contributed by atoms with Gasteiger partial charge in [0.25, 0.3) is 5.97 Å². The van der Waals surface area contributed by atoms with Crippen LogP contribution in [0.25, 0.3) is 11.1 Å². The Balaban J connectivity index is 0.000000357. The van der Waals surface area contributed by atoms with Gasteiger partial charge in [-0.2, -0.15) is 0 Å². The Hall–Kier alpha value is -2.00. The summed E-state index contributed by atoms with van der Waals surface area (Å²) in [5, 5.41) is 17.3. The summed E-state index contributed by atoms with van der Waals surface area (Å²) < 4.78 is 0. The zero-order valence-corrected chi connectivity index (χ0v) is 10.6. The van der Waals surface area contributed by atoms with Crippen molar-refractivity contribution in [3.63, 3.8) is 0 Å². The van der Waals surface area contributed by atoms with Crippen molar-refractivity contribution in [3.05, 3.63) is 53.6 Å². The van der Waals surface area contributed by atoms with Gasteiger partial charge in [-0.3, -0.25) is 4.79 Å². The van der Waals surface area contributed by atoms with Crippen LogP contribution in [-0.4, -0.2) is 16.2 Å². The first-order valence-electron chi connectivity index (χ1n) is 5.23. The zero-order valence-electron chi connectivity index (χ0n) is 9.80. The van der Waals surface area contributed by atoms with Crippen LogP contribution in [0.2, 0.25) is 5.02 Å². The van der Waals surface area contributed by atoms with Gasteiger partial charge in [0, 0.05) is 11.9 Å². The summed E-state index contributed by atoms with van der Waals surface area (Å²) in [5.74, 6) is -0.553. The number of rotatable bonds is 1. The van der Waals surface area contributed by atoms with Crippen LogP contribution in [-0.2, 0) is 4.79 Å². The number of carbonyl (C=O) groups is 1. The summed E-state index contributed by atoms with van der Waals surface area (Å²) in [5.41, 5.74) is 2.16. The molecule has 0 fully saturated rings. The molecule has 3 nitrogen and oxygen atoms in total. The summed E-state index contributed by atoms with van der Waals surface area (Å²) in [4.78, 5) is 9.00. The largest absolute Gasteiger partial charge is 0.508 e. The molecule has 0 bridgehead atoms. The minimum absolute atomic E-state index is 0.280. The molecule has 0 saturated carbocycles. The third-order valence-electron chi connectivity index (χ3n) is 2.04. The average Bonchev–Trinajstić information content (AvgIpc) is 2.31. The molecule has 0 aliphatic rings. The van der Waals surface area contributed by atoms with E-state index in [1.165, 1.54) is 0 Å². The van der Waals surface area contributed by atoms with Crippen LogP contribution >= 0.6 is 11.6 Å². The Labute approximate surface area is 110 Å². The second kappa shape index (κ2) is 6.67. The topological polar surface area (TPSA) is 57.5 Å². The first-order valence-corrected chi connectivity index (χ1v) is 5.61. The summed E-state index contributed by atoms with van der Waals surface area (Å²) in [6.07, 6.45) is 0. The average molecular weight is 265 g/mol. The maximum absolute atomic E-state index is 9.13. The van der Waals surface area contributed by atoms with Gasteiger partial charge in [-0.25, -0.2) is 0 Å². The van der Waals surface area contributed by atoms with Gasteiger partial charge in [0.15, 0.2) is 0 Å². The number of phenols is 1. The summed E-state index contributed by atoms with van der Waals surface area (Å²) in [6.45, 7) is 1.08. The van der Waals surface area contributed by atoms with Gasteiger partial charge in [0.1, 0.15) is 5.75 Å². The minimum Gasteiger partial charge on any atom is -0.508 e. The lowest BCUT2D eigenvalue weighted by Gasteiger charge is -2.01. The summed E-state index contributed by atoms with van der Waals surface area (Å²) in [6, 6.07) is 14.7. The van der Waals surface area contributed by atoms with Gasteiger partial charge in [-0.1, -0.05) is 35.9 Å². The molecule has 0 saturated heterocycles. The number of aromatic hydroxyl groups is 1. The van der Waals surface area contributed by atoms with E-state index in [0.29, 0.717) is 0 Å². The molecule has 0 atom stereocenters. The number of halogens is 1. The quantitative estimate of drug-likeness (QED) is 0.824. The lowest BCUT2D eigenvalue weighted by molar-refractivity contribution is -0.134. The van der Waals surface area contributed by atoms with Crippen LogP contribution in [0, 0.1) is 0 Å². The standard InChI is InChI=1S/C12H9ClO.C2H4O2/c13-11-5-1-9(2-6-11)10-3-7-12(14)8-4-10;1-2(3)4/h1-8,14H;1H3,(H,3,4). The van der Waals surface area contributed by atoms with Crippen LogP contribution in [0.4, 0.5) is 0 Å². The highest BCUT2D eigenvalue weighted by atomic mass is 35.5. The molecule has 0 unspecified atom stereocenters. The van der Waals surface area contributed by atoms with Gasteiger partial charge < -0.3 is 10.2 Å². The van der Waals surface area contributed by atoms with Crippen molar-refractivity contribution in [2.24, 2.45) is 0 Å². The Morgan fingerprint density at radius 3 is 1.67 bits per heavy atom. The molecule has 2 N–H and O–H groups in total. The van der Waals surface area contributed by atoms with E-state index in [1.54, 1.807) is 12.1 Å². The molecule has 0 aliphatic heterocycles. The van der Waals surface area contributed by atoms with E-state index in [1.807, 2.05) is 36.4 Å². The monoisotopic (exact) mass is 264 g/mol. The first kappa shape index (κ1) is 14.1. The van der Waals surface area contributed by atoms with Gasteiger partial charge in [-0.15, -0.1) is 0 Å². The molecule has 0 amide bonds. The van der Waals surface area contributed by atoms with E-state index < -0.39 is 5.97 Å². The van der Waals surface area contributed by atoms with Crippen molar-refractivity contribution in [2.75, 3.05) is 0 Å². The molecule has 0 radical (unpaired) electrons. The van der Waals surface area contributed by atoms with Crippen molar-refractivity contribution in [1.29, 1.82) is 0 Å². The predicted molar refractivity (Wildman–Crippen MR) is 71.9 cm³/mol. The SMILES string of the molecule is CC(=O)O.Oc1ccc(-c2ccc(Cl)cc2)cc1. The van der Waals surface area contributed by atoms with Crippen molar-refractivity contribution in [1.82, 2.24) is 0 Å². The highest BCUT2D eigenvalue weighted by Gasteiger charge is 1.96. The van der Waals surface area contributed by atoms with Crippen molar-refractivity contribution in [3.8, 4) is 16.9 Å². The normalized spacial score (nSPS) is 9.22. The number of hydrogen-bond acceptors (Lipinski definition) is 2. The third-order valence-corrected chi connectivity index (χ3v) is 2.30. The molecule has 0 spiro atoms. The van der Waals surface area contributed by atoms with Crippen LogP contribution in [0.5, 0.6) is 5.75 Å². The second-order valence-electron chi connectivity index (χ2n) is 3.57. The number of hydrogen-bond donors (Lipinski definition) is 2. The van der Waals surface area contributed by atoms with Crippen molar-refractivity contribution >= 4 is 17.6 Å². The smallest absolute Gasteiger partial charge is 0.300 e. The molecule has 18 heavy (non-hydrogen) atoms. The van der Waals surface area contributed by atoms with Gasteiger partial charge in [-0.05, 0) is 35.4 Å². The number of carboxylic acid groups (broad SMARTS) is 1. The lowest BCUT2D eigenvalue weighted by atomic mass is 10.1. The van der Waals surface area contributed by atoms with Crippen LogP contribution in [0.1, 0.15) is 6.92 Å². The molecule has 2 aromatic rings. The van der Waals surface area contributed by atoms with E-state index in [-0.39, 0.29) is 5.75 Å². The summed E-state index contributed by atoms with van der Waals surface area (Å²) in [7, 11) is 0. The van der Waals surface area contributed by atoms with Gasteiger partial charge >= 0.3 is 0 Å². The highest BCUT2D eigenvalue weighted by Crippen LogP contribution is 2.23. The fraction of sp³-hybridized carbons (Fsp3) is 0.0714. The Bertz CT molecular complexity index is 456. The fourth-order valence-corrected chi connectivity index (χ4v) is 1.42. The summed E-state index contributed by atoms with van der Waals surface area (Å²) >= 11 is 5.78. The van der Waals surface area contributed by atoms with E-state index in [4.69, 9.17) is 26.6 Å². The fourth-order valence-electron chi connectivity index (χ4n) is 1.30. The zero-order chi connectivity index (χ0) is 13.5. The van der Waals surface area contributed by atoms with Gasteiger partial charge in [0.2, 0.25) is 0 Å². The maximum atomic E-state index is 9.13. The number of aliphatic carboxylic acids is 1. The van der Waals surface area contributed by atoms with E-state index in [9.17, 15) is 0 Å². The molecule has 0 aliphatic carbocycles. The number of carboxylic acids is 1. The maximum Gasteiger partial charge on any atom is 0.300 e. The van der Waals surface area contributed by atoms with Crippen LogP contribution in [0.3, 0.4) is 0 Å². The van der Waals surface area contributed by atoms with E-state index in [2.05, 4.69) is 0 Å². The lowest BCUT2D eigenvalue weighted by Crippen LogP contribution is -1.78.